The van der Waals surface area contributed by atoms with E-state index in [1.165, 1.54) is 0 Å². The fraction of sp³-hybridized carbons (Fsp3) is 0.368. The van der Waals surface area contributed by atoms with E-state index in [2.05, 4.69) is 4.72 Å². The third-order valence-electron chi connectivity index (χ3n) is 4.11. The fourth-order valence-electron chi connectivity index (χ4n) is 3.17. The number of nitrogens with one attached hydrogen (secondary N) is 1. The smallest absolute Gasteiger partial charge is 0.207 e. The van der Waals surface area contributed by atoms with Crippen LogP contribution in [0.2, 0.25) is 0 Å². The van der Waals surface area contributed by atoms with Gasteiger partial charge in [0.15, 0.2) is 0 Å². The molecule has 0 heterocycles. The normalized spacial score (nSPS) is 13.1. The summed E-state index contributed by atoms with van der Waals surface area (Å²) in [7, 11) is -3.57. The van der Waals surface area contributed by atoms with Crippen LogP contribution in [-0.4, -0.2) is 8.42 Å². The first-order valence-corrected chi connectivity index (χ1v) is 9.27. The lowest BCUT2D eigenvalue weighted by Gasteiger charge is -2.19. The first kappa shape index (κ1) is 17.7. The second-order valence-corrected chi connectivity index (χ2v) is 8.08. The van der Waals surface area contributed by atoms with Crippen LogP contribution in [0.25, 0.3) is 0 Å². The predicted octanol–water partition coefficient (Wildman–Crippen LogP) is 4.27. The Morgan fingerprint density at radius 2 is 1.39 bits per heavy atom. The van der Waals surface area contributed by atoms with E-state index in [1.54, 1.807) is 0 Å². The van der Waals surface area contributed by atoms with Gasteiger partial charge in [0.25, 0.3) is 0 Å². The highest BCUT2D eigenvalue weighted by Gasteiger charge is 2.23. The molecule has 0 amide bonds. The molecule has 0 saturated heterocycles. The molecule has 0 aliphatic rings. The van der Waals surface area contributed by atoms with Crippen molar-refractivity contribution in [3.8, 4) is 0 Å². The zero-order valence-electron chi connectivity index (χ0n) is 14.7. The molecule has 2 aromatic rings. The van der Waals surface area contributed by atoms with Crippen LogP contribution in [0, 0.1) is 34.6 Å². The molecule has 0 bridgehead atoms. The summed E-state index contributed by atoms with van der Waals surface area (Å²) in [5, 5.41) is 0. The lowest BCUT2D eigenvalue weighted by atomic mass is 10.0. The number of sulfonamides is 1. The monoisotopic (exact) mass is 331 g/mol. The van der Waals surface area contributed by atoms with Crippen molar-refractivity contribution in [2.75, 3.05) is 0 Å². The van der Waals surface area contributed by atoms with E-state index in [0.717, 1.165) is 33.4 Å². The summed E-state index contributed by atoms with van der Waals surface area (Å²) in [6, 6.07) is 9.64. The predicted molar refractivity (Wildman–Crippen MR) is 95.3 cm³/mol. The van der Waals surface area contributed by atoms with Crippen LogP contribution in [-0.2, 0) is 10.0 Å². The van der Waals surface area contributed by atoms with Gasteiger partial charge in [0.2, 0.25) is 10.0 Å². The van der Waals surface area contributed by atoms with Gasteiger partial charge in [0.05, 0.1) is 4.90 Å². The Morgan fingerprint density at radius 3 is 1.96 bits per heavy atom. The lowest BCUT2D eigenvalue weighted by molar-refractivity contribution is 0.565. The minimum absolute atomic E-state index is 0.278. The lowest BCUT2D eigenvalue weighted by Crippen LogP contribution is -2.28. The average Bonchev–Trinajstić information content (AvgIpc) is 2.39. The average molecular weight is 331 g/mol. The molecule has 1 atom stereocenters. The number of aryl methyl sites for hydroxylation is 5. The van der Waals surface area contributed by atoms with Crippen molar-refractivity contribution in [1.29, 1.82) is 0 Å². The molecule has 0 aliphatic heterocycles. The zero-order valence-corrected chi connectivity index (χ0v) is 15.5. The van der Waals surface area contributed by atoms with Gasteiger partial charge in [0.1, 0.15) is 0 Å². The molecular formula is C19H25NO2S. The number of rotatable bonds is 4. The van der Waals surface area contributed by atoms with Crippen molar-refractivity contribution >= 4 is 10.0 Å². The quantitative estimate of drug-likeness (QED) is 0.909. The third-order valence-corrected chi connectivity index (χ3v) is 5.95. The molecule has 0 spiro atoms. The first-order valence-electron chi connectivity index (χ1n) is 7.79. The molecule has 2 aromatic carbocycles. The Bertz CT molecular complexity index is 815. The van der Waals surface area contributed by atoms with Gasteiger partial charge in [-0.3, -0.25) is 0 Å². The third kappa shape index (κ3) is 3.82. The van der Waals surface area contributed by atoms with Gasteiger partial charge in [-0.25, -0.2) is 13.1 Å². The molecule has 0 aliphatic carbocycles. The number of hydrogen-bond donors (Lipinski definition) is 1. The summed E-state index contributed by atoms with van der Waals surface area (Å²) in [4.78, 5) is 0.389. The Hall–Kier alpha value is -1.65. The highest BCUT2D eigenvalue weighted by atomic mass is 32.2. The summed E-state index contributed by atoms with van der Waals surface area (Å²) in [5.41, 5.74) is 5.85. The second-order valence-electron chi connectivity index (χ2n) is 6.43. The molecule has 1 N–H and O–H groups in total. The Labute approximate surface area is 139 Å². The van der Waals surface area contributed by atoms with Crippen LogP contribution >= 0.6 is 0 Å². The van der Waals surface area contributed by atoms with Gasteiger partial charge in [0, 0.05) is 6.04 Å². The molecule has 2 rings (SSSR count). The topological polar surface area (TPSA) is 46.2 Å². The Balaban J connectivity index is 2.41. The highest BCUT2D eigenvalue weighted by Crippen LogP contribution is 2.25. The Morgan fingerprint density at radius 1 is 0.826 bits per heavy atom. The number of benzene rings is 2. The maximum Gasteiger partial charge on any atom is 0.241 e. The van der Waals surface area contributed by atoms with Gasteiger partial charge in [-0.1, -0.05) is 41.5 Å². The van der Waals surface area contributed by atoms with E-state index in [4.69, 9.17) is 0 Å². The SMILES string of the molecule is Cc1cc(C)c(S(=O)(=O)NC(C)c2cc(C)ccc2C)c(C)c1. The molecule has 4 heteroatoms. The van der Waals surface area contributed by atoms with Gasteiger partial charge in [-0.2, -0.15) is 0 Å². The summed E-state index contributed by atoms with van der Waals surface area (Å²) < 4.78 is 28.5. The van der Waals surface area contributed by atoms with Gasteiger partial charge >= 0.3 is 0 Å². The minimum atomic E-state index is -3.57. The summed E-state index contributed by atoms with van der Waals surface area (Å²) in [6.07, 6.45) is 0. The summed E-state index contributed by atoms with van der Waals surface area (Å²) in [5.74, 6) is 0. The van der Waals surface area contributed by atoms with Crippen molar-refractivity contribution in [3.63, 3.8) is 0 Å². The van der Waals surface area contributed by atoms with Gasteiger partial charge in [-0.15, -0.1) is 0 Å². The molecule has 0 fully saturated rings. The van der Waals surface area contributed by atoms with E-state index in [1.807, 2.05) is 71.9 Å². The van der Waals surface area contributed by atoms with Crippen LogP contribution in [0.5, 0.6) is 0 Å². The van der Waals surface area contributed by atoms with Crippen molar-refractivity contribution < 1.29 is 8.42 Å². The van der Waals surface area contributed by atoms with Crippen molar-refractivity contribution in [2.24, 2.45) is 0 Å². The van der Waals surface area contributed by atoms with Crippen molar-refractivity contribution in [2.45, 2.75) is 52.5 Å². The minimum Gasteiger partial charge on any atom is -0.207 e. The van der Waals surface area contributed by atoms with E-state index in [-0.39, 0.29) is 6.04 Å². The molecule has 23 heavy (non-hydrogen) atoms. The standard InChI is InChI=1S/C19H25NO2S/c1-12-7-8-14(3)18(11-12)17(6)20-23(21,22)19-15(4)9-13(2)10-16(19)5/h7-11,17,20H,1-6H3. The van der Waals surface area contributed by atoms with E-state index in [0.29, 0.717) is 4.90 Å². The van der Waals surface area contributed by atoms with Crippen LogP contribution in [0.1, 0.15) is 46.3 Å². The molecule has 0 saturated carbocycles. The maximum atomic E-state index is 12.9. The van der Waals surface area contributed by atoms with Gasteiger partial charge in [-0.05, 0) is 63.8 Å². The molecule has 124 valence electrons. The van der Waals surface area contributed by atoms with E-state index >= 15 is 0 Å². The molecule has 3 nitrogen and oxygen atoms in total. The number of hydrogen-bond acceptors (Lipinski definition) is 2. The van der Waals surface area contributed by atoms with E-state index in [9.17, 15) is 8.42 Å². The summed E-state index contributed by atoms with van der Waals surface area (Å²) in [6.45, 7) is 11.6. The maximum absolute atomic E-state index is 12.9. The van der Waals surface area contributed by atoms with E-state index < -0.39 is 10.0 Å². The second kappa shape index (κ2) is 6.46. The fourth-order valence-corrected chi connectivity index (χ4v) is 4.85. The molecular weight excluding hydrogens is 306 g/mol. The van der Waals surface area contributed by atoms with Crippen molar-refractivity contribution in [3.05, 3.63) is 63.7 Å². The molecule has 0 aromatic heterocycles. The van der Waals surface area contributed by atoms with Crippen LogP contribution in [0.3, 0.4) is 0 Å². The van der Waals surface area contributed by atoms with Gasteiger partial charge < -0.3 is 0 Å². The van der Waals surface area contributed by atoms with Crippen LogP contribution in [0.15, 0.2) is 35.2 Å². The summed E-state index contributed by atoms with van der Waals surface area (Å²) >= 11 is 0. The van der Waals surface area contributed by atoms with Crippen LogP contribution < -0.4 is 4.72 Å². The molecule has 1 unspecified atom stereocenters. The van der Waals surface area contributed by atoms with Crippen molar-refractivity contribution in [1.82, 2.24) is 4.72 Å². The van der Waals surface area contributed by atoms with Crippen LogP contribution in [0.4, 0.5) is 0 Å². The Kier molecular flexibility index (Phi) is 4.97. The first-order chi connectivity index (χ1) is 10.6. The zero-order chi connectivity index (χ0) is 17.4. The highest BCUT2D eigenvalue weighted by molar-refractivity contribution is 7.89. The largest absolute Gasteiger partial charge is 0.241 e. The molecule has 0 radical (unpaired) electrons.